The predicted octanol–water partition coefficient (Wildman–Crippen LogP) is 2.82. The highest BCUT2D eigenvalue weighted by Crippen LogP contribution is 2.33. The van der Waals surface area contributed by atoms with Gasteiger partial charge in [-0.25, -0.2) is 16.8 Å². The number of benzene rings is 2. The Balaban J connectivity index is 2.04. The van der Waals surface area contributed by atoms with Crippen molar-refractivity contribution in [2.45, 2.75) is 24.7 Å². The van der Waals surface area contributed by atoms with Crippen molar-refractivity contribution in [3.8, 4) is 5.75 Å². The Bertz CT molecular complexity index is 1010. The second-order valence-corrected chi connectivity index (χ2v) is 9.79. The van der Waals surface area contributed by atoms with Crippen LogP contribution in [-0.4, -0.2) is 35.7 Å². The Labute approximate surface area is 160 Å². The van der Waals surface area contributed by atoms with E-state index in [-0.39, 0.29) is 23.0 Å². The lowest BCUT2D eigenvalue weighted by Gasteiger charge is -2.28. The highest BCUT2D eigenvalue weighted by molar-refractivity contribution is 7.93. The molecule has 9 heteroatoms. The first-order chi connectivity index (χ1) is 12.8. The van der Waals surface area contributed by atoms with E-state index in [1.54, 1.807) is 43.3 Å². The maximum atomic E-state index is 12.9. The molecule has 0 unspecified atom stereocenters. The Morgan fingerprint density at radius 3 is 2.52 bits per heavy atom. The Morgan fingerprint density at radius 1 is 1.11 bits per heavy atom. The van der Waals surface area contributed by atoms with Crippen molar-refractivity contribution in [3.05, 3.63) is 48.5 Å². The maximum absolute atomic E-state index is 12.9. The van der Waals surface area contributed by atoms with Gasteiger partial charge in [-0.05, 0) is 50.1 Å². The third-order valence-electron chi connectivity index (χ3n) is 4.18. The van der Waals surface area contributed by atoms with Gasteiger partial charge in [0.15, 0.2) is 0 Å². The van der Waals surface area contributed by atoms with E-state index in [1.807, 2.05) is 0 Å². The number of para-hydroxylation sites is 1. The molecule has 7 nitrogen and oxygen atoms in total. The smallest absolute Gasteiger partial charge is 0.265 e. The molecule has 0 amide bonds. The third-order valence-corrected chi connectivity index (χ3v) is 7.45. The normalized spacial score (nSPS) is 16.7. The van der Waals surface area contributed by atoms with Crippen LogP contribution in [0.25, 0.3) is 0 Å². The van der Waals surface area contributed by atoms with E-state index in [2.05, 4.69) is 4.72 Å². The van der Waals surface area contributed by atoms with Crippen LogP contribution in [0.5, 0.6) is 5.75 Å². The molecule has 2 aromatic carbocycles. The molecular weight excluding hydrogens is 388 g/mol. The molecule has 1 aliphatic heterocycles. The lowest BCUT2D eigenvalue weighted by Crippen LogP contribution is -2.37. The van der Waals surface area contributed by atoms with E-state index in [1.165, 1.54) is 16.4 Å². The first-order valence-electron chi connectivity index (χ1n) is 8.68. The zero-order chi connectivity index (χ0) is 19.5. The summed E-state index contributed by atoms with van der Waals surface area (Å²) in [6, 6.07) is 12.9. The van der Waals surface area contributed by atoms with Gasteiger partial charge >= 0.3 is 0 Å². The topological polar surface area (TPSA) is 92.8 Å². The molecule has 1 aliphatic rings. The minimum absolute atomic E-state index is 0.0601. The van der Waals surface area contributed by atoms with Gasteiger partial charge in [0.1, 0.15) is 10.6 Å². The van der Waals surface area contributed by atoms with Crippen LogP contribution in [0, 0.1) is 0 Å². The van der Waals surface area contributed by atoms with Gasteiger partial charge in [-0.1, -0.05) is 18.2 Å². The van der Waals surface area contributed by atoms with Crippen LogP contribution in [0.1, 0.15) is 19.8 Å². The Morgan fingerprint density at radius 2 is 1.85 bits per heavy atom. The molecule has 2 aromatic rings. The van der Waals surface area contributed by atoms with Gasteiger partial charge in [0.05, 0.1) is 18.0 Å². The summed E-state index contributed by atoms with van der Waals surface area (Å²) < 4.78 is 59.9. The van der Waals surface area contributed by atoms with Crippen LogP contribution < -0.4 is 13.8 Å². The first-order valence-corrected chi connectivity index (χ1v) is 11.8. The largest absolute Gasteiger partial charge is 0.492 e. The number of nitrogens with zero attached hydrogens (tertiary/aromatic N) is 1. The summed E-state index contributed by atoms with van der Waals surface area (Å²) in [5.74, 6) is 0.240. The highest BCUT2D eigenvalue weighted by Gasteiger charge is 2.28. The molecule has 1 fully saturated rings. The zero-order valence-electron chi connectivity index (χ0n) is 15.0. The molecule has 0 saturated carbocycles. The van der Waals surface area contributed by atoms with Crippen molar-refractivity contribution in [2.75, 3.05) is 27.9 Å². The first kappa shape index (κ1) is 19.5. The van der Waals surface area contributed by atoms with Crippen molar-refractivity contribution in [1.29, 1.82) is 0 Å². The highest BCUT2D eigenvalue weighted by atomic mass is 32.2. The van der Waals surface area contributed by atoms with E-state index in [9.17, 15) is 16.8 Å². The molecule has 1 heterocycles. The number of sulfonamides is 2. The zero-order valence-corrected chi connectivity index (χ0v) is 16.6. The number of ether oxygens (including phenoxy) is 1. The minimum Gasteiger partial charge on any atom is -0.492 e. The van der Waals surface area contributed by atoms with E-state index in [0.717, 1.165) is 6.42 Å². The van der Waals surface area contributed by atoms with Gasteiger partial charge in [0.25, 0.3) is 10.0 Å². The monoisotopic (exact) mass is 410 g/mol. The molecule has 0 bridgehead atoms. The van der Waals surface area contributed by atoms with Crippen molar-refractivity contribution in [1.82, 2.24) is 0 Å². The summed E-state index contributed by atoms with van der Waals surface area (Å²) in [6.45, 7) is 2.38. The number of hydrogen-bond donors (Lipinski definition) is 1. The van der Waals surface area contributed by atoms with Crippen LogP contribution in [0.15, 0.2) is 53.4 Å². The summed E-state index contributed by atoms with van der Waals surface area (Å²) in [5, 5.41) is 0. The fourth-order valence-electron chi connectivity index (χ4n) is 2.93. The number of nitrogens with one attached hydrogen (secondary N) is 1. The number of anilines is 2. The molecule has 0 spiro atoms. The third kappa shape index (κ3) is 4.36. The fraction of sp³-hybridized carbons (Fsp3) is 0.333. The summed E-state index contributed by atoms with van der Waals surface area (Å²) in [4.78, 5) is -0.0912. The van der Waals surface area contributed by atoms with Crippen LogP contribution in [0.4, 0.5) is 11.4 Å². The Hall–Kier alpha value is -2.26. The summed E-state index contributed by atoms with van der Waals surface area (Å²) in [7, 11) is -7.41. The second kappa shape index (κ2) is 7.77. The molecular formula is C18H22N2O5S2. The molecule has 0 aromatic heterocycles. The van der Waals surface area contributed by atoms with Crippen LogP contribution in [0.3, 0.4) is 0 Å². The van der Waals surface area contributed by atoms with Crippen molar-refractivity contribution < 1.29 is 21.6 Å². The fourth-order valence-corrected chi connectivity index (χ4v) is 5.79. The van der Waals surface area contributed by atoms with Crippen LogP contribution >= 0.6 is 0 Å². The molecule has 1 N–H and O–H groups in total. The quantitative estimate of drug-likeness (QED) is 0.790. The van der Waals surface area contributed by atoms with Gasteiger partial charge < -0.3 is 4.74 Å². The average molecular weight is 411 g/mol. The average Bonchev–Trinajstić information content (AvgIpc) is 2.62. The van der Waals surface area contributed by atoms with E-state index < -0.39 is 20.0 Å². The van der Waals surface area contributed by atoms with Gasteiger partial charge in [-0.2, -0.15) is 0 Å². The standard InChI is InChI=1S/C18H22N2O5S2/c1-2-25-17-11-10-16(20-12-6-7-13-26(20,21)22)14-18(17)27(23,24)19-15-8-4-3-5-9-15/h3-5,8-11,14,19H,2,6-7,12-13H2,1H3. The van der Waals surface area contributed by atoms with Gasteiger partial charge in [-0.3, -0.25) is 9.03 Å². The van der Waals surface area contributed by atoms with Gasteiger partial charge in [0.2, 0.25) is 10.0 Å². The minimum atomic E-state index is -3.96. The predicted molar refractivity (Wildman–Crippen MR) is 105 cm³/mol. The van der Waals surface area contributed by atoms with Gasteiger partial charge in [-0.15, -0.1) is 0 Å². The van der Waals surface area contributed by atoms with Crippen molar-refractivity contribution in [3.63, 3.8) is 0 Å². The molecule has 1 saturated heterocycles. The lowest BCUT2D eigenvalue weighted by molar-refractivity contribution is 0.331. The van der Waals surface area contributed by atoms with Crippen LogP contribution in [-0.2, 0) is 20.0 Å². The molecule has 0 atom stereocenters. The number of hydrogen-bond acceptors (Lipinski definition) is 5. The maximum Gasteiger partial charge on any atom is 0.265 e. The molecule has 146 valence electrons. The number of rotatable bonds is 6. The molecule has 0 radical (unpaired) electrons. The summed E-state index contributed by atoms with van der Waals surface area (Å²) >= 11 is 0. The van der Waals surface area contributed by atoms with E-state index in [4.69, 9.17) is 4.74 Å². The Kier molecular flexibility index (Phi) is 5.61. The molecule has 0 aliphatic carbocycles. The van der Waals surface area contributed by atoms with Crippen molar-refractivity contribution in [2.24, 2.45) is 0 Å². The summed E-state index contributed by atoms with van der Waals surface area (Å²) in [6.07, 6.45) is 1.34. The molecule has 3 rings (SSSR count). The molecule has 27 heavy (non-hydrogen) atoms. The second-order valence-electron chi connectivity index (χ2n) is 6.13. The van der Waals surface area contributed by atoms with E-state index in [0.29, 0.717) is 24.3 Å². The van der Waals surface area contributed by atoms with Gasteiger partial charge in [0, 0.05) is 12.2 Å². The van der Waals surface area contributed by atoms with Crippen molar-refractivity contribution >= 4 is 31.4 Å². The van der Waals surface area contributed by atoms with Crippen LogP contribution in [0.2, 0.25) is 0 Å². The summed E-state index contributed by atoms with van der Waals surface area (Å²) in [5.41, 5.74) is 0.738. The van der Waals surface area contributed by atoms with E-state index >= 15 is 0 Å². The SMILES string of the molecule is CCOc1ccc(N2CCCCS2(=O)=O)cc1S(=O)(=O)Nc1ccccc1. The lowest BCUT2D eigenvalue weighted by atomic mass is 10.2.